The second kappa shape index (κ2) is 9.90. The summed E-state index contributed by atoms with van der Waals surface area (Å²) >= 11 is 3.05. The molecule has 0 aliphatic carbocycles. The molecule has 1 aromatic carbocycles. The molecular formula is C26H27N3O3S2. The van der Waals surface area contributed by atoms with Gasteiger partial charge in [-0.3, -0.25) is 14.2 Å². The van der Waals surface area contributed by atoms with Gasteiger partial charge in [0, 0.05) is 28.4 Å². The number of aryl methyl sites for hydroxylation is 1. The number of rotatable bonds is 8. The Morgan fingerprint density at radius 1 is 1.21 bits per heavy atom. The molecule has 1 atom stereocenters. The van der Waals surface area contributed by atoms with E-state index in [1.165, 1.54) is 16.6 Å². The molecule has 1 unspecified atom stereocenters. The zero-order valence-electron chi connectivity index (χ0n) is 19.3. The van der Waals surface area contributed by atoms with Crippen LogP contribution in [0.3, 0.4) is 0 Å². The van der Waals surface area contributed by atoms with E-state index in [-0.39, 0.29) is 23.2 Å². The smallest absolute Gasteiger partial charge is 0.262 e. The van der Waals surface area contributed by atoms with E-state index >= 15 is 0 Å². The summed E-state index contributed by atoms with van der Waals surface area (Å²) in [5, 5.41) is 3.23. The molecule has 4 aromatic rings. The average molecular weight is 494 g/mol. The average Bonchev–Trinajstić information content (AvgIpc) is 3.59. The number of hydrogen-bond donors (Lipinski definition) is 0. The van der Waals surface area contributed by atoms with Crippen molar-refractivity contribution < 1.29 is 9.53 Å². The third-order valence-corrected chi connectivity index (χ3v) is 8.17. The van der Waals surface area contributed by atoms with Crippen LogP contribution in [-0.4, -0.2) is 38.4 Å². The summed E-state index contributed by atoms with van der Waals surface area (Å²) in [5.41, 5.74) is 3.35. The van der Waals surface area contributed by atoms with Crippen molar-refractivity contribution in [2.75, 3.05) is 12.4 Å². The van der Waals surface area contributed by atoms with E-state index in [0.717, 1.165) is 42.9 Å². The Hall–Kier alpha value is -2.68. The second-order valence-electron chi connectivity index (χ2n) is 8.62. The molecule has 34 heavy (non-hydrogen) atoms. The highest BCUT2D eigenvalue weighted by atomic mass is 32.2. The molecular weight excluding hydrogens is 466 g/mol. The maximum absolute atomic E-state index is 13.3. The van der Waals surface area contributed by atoms with Crippen molar-refractivity contribution in [1.29, 1.82) is 0 Å². The van der Waals surface area contributed by atoms with Crippen LogP contribution in [0.1, 0.15) is 39.5 Å². The van der Waals surface area contributed by atoms with Crippen LogP contribution in [0, 0.1) is 13.8 Å². The summed E-state index contributed by atoms with van der Waals surface area (Å²) < 4.78 is 9.66. The van der Waals surface area contributed by atoms with E-state index in [1.807, 2.05) is 44.2 Å². The summed E-state index contributed by atoms with van der Waals surface area (Å²) in [5.74, 6) is 0.265. The number of para-hydroxylation sites is 1. The molecule has 5 rings (SSSR count). The van der Waals surface area contributed by atoms with E-state index < -0.39 is 0 Å². The standard InChI is InChI=1S/C26H27N3O3S2/c1-17-13-22(18(2)28(17)15-20-8-6-12-33-20)24(30)16-34-26-27-23-10-4-3-9-21(23)25(31)29(26)14-19-7-5-11-32-19/h3-4,6,8-10,12-13,19H,5,7,11,14-16H2,1-2H3. The number of hydrogen-bond acceptors (Lipinski definition) is 6. The Labute approximate surface area is 206 Å². The molecule has 1 fully saturated rings. The number of carbonyl (C=O) groups is 1. The lowest BCUT2D eigenvalue weighted by atomic mass is 10.2. The first kappa shape index (κ1) is 23.1. The van der Waals surface area contributed by atoms with Crippen LogP contribution in [0.15, 0.2) is 57.8 Å². The topological polar surface area (TPSA) is 66.1 Å². The summed E-state index contributed by atoms with van der Waals surface area (Å²) in [6.07, 6.45) is 1.94. The minimum Gasteiger partial charge on any atom is -0.376 e. The lowest BCUT2D eigenvalue weighted by Gasteiger charge is -2.16. The molecule has 0 amide bonds. The van der Waals surface area contributed by atoms with Crippen LogP contribution in [-0.2, 0) is 17.8 Å². The molecule has 4 heterocycles. The van der Waals surface area contributed by atoms with Crippen molar-refractivity contribution in [1.82, 2.24) is 14.1 Å². The highest BCUT2D eigenvalue weighted by Crippen LogP contribution is 2.24. The van der Waals surface area contributed by atoms with Gasteiger partial charge in [-0.1, -0.05) is 30.0 Å². The number of benzene rings is 1. The normalized spacial score (nSPS) is 15.9. The predicted octanol–water partition coefficient (Wildman–Crippen LogP) is 5.08. The van der Waals surface area contributed by atoms with Crippen molar-refractivity contribution >= 4 is 39.8 Å². The van der Waals surface area contributed by atoms with Gasteiger partial charge in [0.15, 0.2) is 10.9 Å². The van der Waals surface area contributed by atoms with Gasteiger partial charge in [0.05, 0.1) is 35.8 Å². The zero-order valence-corrected chi connectivity index (χ0v) is 21.0. The lowest BCUT2D eigenvalue weighted by Crippen LogP contribution is -2.29. The number of nitrogens with zero attached hydrogens (tertiary/aromatic N) is 3. The van der Waals surface area contributed by atoms with E-state index in [2.05, 4.69) is 16.0 Å². The minimum absolute atomic E-state index is 0.00638. The van der Waals surface area contributed by atoms with E-state index in [9.17, 15) is 9.59 Å². The quantitative estimate of drug-likeness (QED) is 0.195. The summed E-state index contributed by atoms with van der Waals surface area (Å²) in [7, 11) is 0. The molecule has 8 heteroatoms. The number of aromatic nitrogens is 3. The highest BCUT2D eigenvalue weighted by Gasteiger charge is 2.22. The highest BCUT2D eigenvalue weighted by molar-refractivity contribution is 7.99. The van der Waals surface area contributed by atoms with Crippen LogP contribution in [0.25, 0.3) is 10.9 Å². The SMILES string of the molecule is Cc1cc(C(=O)CSc2nc3ccccc3c(=O)n2CC2CCCO2)c(C)n1Cc1cccs1. The number of thioether (sulfide) groups is 1. The Morgan fingerprint density at radius 2 is 2.06 bits per heavy atom. The maximum atomic E-state index is 13.3. The molecule has 3 aromatic heterocycles. The number of ketones is 1. The zero-order chi connectivity index (χ0) is 23.7. The molecule has 1 aliphatic heterocycles. The van der Waals surface area contributed by atoms with Crippen LogP contribution >= 0.6 is 23.1 Å². The predicted molar refractivity (Wildman–Crippen MR) is 137 cm³/mol. The van der Waals surface area contributed by atoms with E-state index in [0.29, 0.717) is 22.6 Å². The van der Waals surface area contributed by atoms with Crippen molar-refractivity contribution in [3.05, 3.63) is 80.0 Å². The van der Waals surface area contributed by atoms with E-state index in [4.69, 9.17) is 9.72 Å². The van der Waals surface area contributed by atoms with Crippen molar-refractivity contribution in [3.63, 3.8) is 0 Å². The van der Waals surface area contributed by atoms with Crippen molar-refractivity contribution in [2.24, 2.45) is 0 Å². The van der Waals surface area contributed by atoms with Crippen LogP contribution in [0.5, 0.6) is 0 Å². The molecule has 0 radical (unpaired) electrons. The number of thiophene rings is 1. The number of ether oxygens (including phenoxy) is 1. The van der Waals surface area contributed by atoms with Gasteiger partial charge >= 0.3 is 0 Å². The van der Waals surface area contributed by atoms with Gasteiger partial charge in [-0.15, -0.1) is 11.3 Å². The van der Waals surface area contributed by atoms with Gasteiger partial charge in [-0.25, -0.2) is 4.98 Å². The molecule has 0 bridgehead atoms. The molecule has 0 saturated carbocycles. The van der Waals surface area contributed by atoms with Gasteiger partial charge in [-0.2, -0.15) is 0 Å². The van der Waals surface area contributed by atoms with Gasteiger partial charge < -0.3 is 9.30 Å². The van der Waals surface area contributed by atoms with Crippen molar-refractivity contribution in [3.8, 4) is 0 Å². The Morgan fingerprint density at radius 3 is 2.82 bits per heavy atom. The summed E-state index contributed by atoms with van der Waals surface area (Å²) in [4.78, 5) is 32.5. The largest absolute Gasteiger partial charge is 0.376 e. The number of Topliss-reactive ketones (excluding diaryl/α,β-unsaturated/α-hetero) is 1. The molecule has 1 aliphatic rings. The fraction of sp³-hybridized carbons (Fsp3) is 0.346. The van der Waals surface area contributed by atoms with Crippen molar-refractivity contribution in [2.45, 2.75) is 51.0 Å². The Balaban J connectivity index is 1.40. The van der Waals surface area contributed by atoms with Gasteiger partial charge in [0.2, 0.25) is 0 Å². The van der Waals surface area contributed by atoms with Crippen LogP contribution in [0.4, 0.5) is 0 Å². The van der Waals surface area contributed by atoms with E-state index in [1.54, 1.807) is 22.0 Å². The first-order valence-corrected chi connectivity index (χ1v) is 13.3. The fourth-order valence-corrected chi connectivity index (χ4v) is 6.09. The van der Waals surface area contributed by atoms with Gasteiger partial charge in [0.1, 0.15) is 0 Å². The second-order valence-corrected chi connectivity index (χ2v) is 10.6. The third-order valence-electron chi connectivity index (χ3n) is 6.34. The fourth-order valence-electron chi connectivity index (χ4n) is 4.50. The maximum Gasteiger partial charge on any atom is 0.262 e. The third kappa shape index (κ3) is 4.62. The lowest BCUT2D eigenvalue weighted by molar-refractivity contribution is 0.0937. The number of fused-ring (bicyclic) bond motifs is 1. The van der Waals surface area contributed by atoms with Crippen LogP contribution in [0.2, 0.25) is 0 Å². The van der Waals surface area contributed by atoms with Gasteiger partial charge in [-0.05, 0) is 56.3 Å². The Kier molecular flexibility index (Phi) is 6.72. The molecule has 176 valence electrons. The minimum atomic E-state index is -0.0785. The Bertz CT molecular complexity index is 1380. The monoisotopic (exact) mass is 493 g/mol. The number of carbonyl (C=O) groups excluding carboxylic acids is 1. The van der Waals surface area contributed by atoms with Crippen LogP contribution < -0.4 is 5.56 Å². The molecule has 0 N–H and O–H groups in total. The van der Waals surface area contributed by atoms with Gasteiger partial charge in [0.25, 0.3) is 5.56 Å². The summed E-state index contributed by atoms with van der Waals surface area (Å²) in [6.45, 7) is 5.99. The summed E-state index contributed by atoms with van der Waals surface area (Å²) in [6, 6.07) is 13.5. The first-order chi connectivity index (χ1) is 16.5. The molecule has 6 nitrogen and oxygen atoms in total. The molecule has 0 spiro atoms. The first-order valence-electron chi connectivity index (χ1n) is 11.5. The molecule has 1 saturated heterocycles.